The quantitative estimate of drug-likeness (QED) is 0.629. The summed E-state index contributed by atoms with van der Waals surface area (Å²) in [5.41, 5.74) is 4.96. The second-order valence-electron chi connectivity index (χ2n) is 3.99. The molecule has 0 atom stereocenters. The van der Waals surface area contributed by atoms with Crippen LogP contribution in [0.2, 0.25) is 0 Å². The standard InChI is InChI=1S/C10H16N2O5S/c1-7-5-9(13)12(4-2-3-11)10(14)8(7)6-18(15,16)17/h5,13H,2-4,6,11H2,1H3,(H,15,16,17). The second kappa shape index (κ2) is 5.51. The smallest absolute Gasteiger partial charge is 0.269 e. The summed E-state index contributed by atoms with van der Waals surface area (Å²) in [6.45, 7) is 2.03. The number of rotatable bonds is 5. The minimum atomic E-state index is -4.29. The van der Waals surface area contributed by atoms with Crippen molar-refractivity contribution >= 4 is 10.1 Å². The number of aryl methyl sites for hydroxylation is 1. The fourth-order valence-electron chi connectivity index (χ4n) is 1.62. The van der Waals surface area contributed by atoms with Crippen LogP contribution in [0.5, 0.6) is 5.88 Å². The Morgan fingerprint density at radius 1 is 1.44 bits per heavy atom. The Balaban J connectivity index is 3.31. The van der Waals surface area contributed by atoms with Crippen LogP contribution in [0.25, 0.3) is 0 Å². The van der Waals surface area contributed by atoms with Crippen LogP contribution >= 0.6 is 0 Å². The van der Waals surface area contributed by atoms with Crippen LogP contribution in [-0.2, 0) is 22.4 Å². The van der Waals surface area contributed by atoms with E-state index in [4.69, 9.17) is 10.3 Å². The fourth-order valence-corrected chi connectivity index (χ4v) is 2.33. The van der Waals surface area contributed by atoms with E-state index in [2.05, 4.69) is 0 Å². The molecule has 8 heteroatoms. The third-order valence-corrected chi connectivity index (χ3v) is 3.17. The largest absolute Gasteiger partial charge is 0.494 e. The lowest BCUT2D eigenvalue weighted by atomic mass is 10.2. The van der Waals surface area contributed by atoms with Crippen molar-refractivity contribution in [2.75, 3.05) is 6.54 Å². The van der Waals surface area contributed by atoms with Crippen molar-refractivity contribution in [2.45, 2.75) is 25.6 Å². The first kappa shape index (κ1) is 14.7. The monoisotopic (exact) mass is 276 g/mol. The van der Waals surface area contributed by atoms with E-state index in [-0.39, 0.29) is 18.0 Å². The summed E-state index contributed by atoms with van der Waals surface area (Å²) in [5, 5.41) is 9.63. The van der Waals surface area contributed by atoms with E-state index >= 15 is 0 Å². The van der Waals surface area contributed by atoms with Crippen molar-refractivity contribution in [2.24, 2.45) is 5.73 Å². The van der Waals surface area contributed by atoms with E-state index < -0.39 is 21.4 Å². The molecule has 0 aromatic carbocycles. The summed E-state index contributed by atoms with van der Waals surface area (Å²) >= 11 is 0. The predicted molar refractivity (Wildman–Crippen MR) is 66.0 cm³/mol. The highest BCUT2D eigenvalue weighted by Crippen LogP contribution is 2.14. The van der Waals surface area contributed by atoms with Crippen molar-refractivity contribution in [3.05, 3.63) is 27.5 Å². The normalized spacial score (nSPS) is 11.7. The molecule has 7 nitrogen and oxygen atoms in total. The number of nitrogens with two attached hydrogens (primary N) is 1. The van der Waals surface area contributed by atoms with Gasteiger partial charge in [0.05, 0.1) is 0 Å². The number of nitrogens with zero attached hydrogens (tertiary/aromatic N) is 1. The maximum Gasteiger partial charge on any atom is 0.269 e. The van der Waals surface area contributed by atoms with E-state index in [1.807, 2.05) is 0 Å². The maximum atomic E-state index is 12.0. The van der Waals surface area contributed by atoms with Gasteiger partial charge < -0.3 is 10.8 Å². The zero-order valence-electron chi connectivity index (χ0n) is 9.96. The van der Waals surface area contributed by atoms with Crippen LogP contribution < -0.4 is 11.3 Å². The molecule has 1 aromatic rings. The summed E-state index contributed by atoms with van der Waals surface area (Å²) in [4.78, 5) is 12.0. The molecule has 0 aliphatic carbocycles. The highest BCUT2D eigenvalue weighted by atomic mass is 32.2. The topological polar surface area (TPSA) is 123 Å². The van der Waals surface area contributed by atoms with E-state index in [9.17, 15) is 18.3 Å². The molecule has 4 N–H and O–H groups in total. The Morgan fingerprint density at radius 2 is 2.06 bits per heavy atom. The van der Waals surface area contributed by atoms with Gasteiger partial charge in [-0.15, -0.1) is 0 Å². The number of hydrogen-bond acceptors (Lipinski definition) is 5. The molecule has 0 amide bonds. The Bertz CT molecular complexity index is 591. The third-order valence-electron chi connectivity index (χ3n) is 2.51. The van der Waals surface area contributed by atoms with Gasteiger partial charge in [-0.05, 0) is 25.5 Å². The van der Waals surface area contributed by atoms with E-state index in [1.54, 1.807) is 0 Å². The van der Waals surface area contributed by atoms with Gasteiger partial charge in [-0.1, -0.05) is 0 Å². The molecule has 0 unspecified atom stereocenters. The van der Waals surface area contributed by atoms with Crippen molar-refractivity contribution in [3.8, 4) is 5.88 Å². The minimum absolute atomic E-state index is 0.0488. The lowest BCUT2D eigenvalue weighted by Crippen LogP contribution is -2.27. The zero-order valence-corrected chi connectivity index (χ0v) is 10.8. The molecular weight excluding hydrogens is 260 g/mol. The van der Waals surface area contributed by atoms with Crippen molar-refractivity contribution in [1.29, 1.82) is 0 Å². The zero-order chi connectivity index (χ0) is 13.9. The van der Waals surface area contributed by atoms with Gasteiger partial charge in [0, 0.05) is 18.2 Å². The number of pyridine rings is 1. The molecule has 102 valence electrons. The van der Waals surface area contributed by atoms with Crippen LogP contribution in [-0.4, -0.2) is 29.2 Å². The van der Waals surface area contributed by atoms with Crippen LogP contribution in [0.3, 0.4) is 0 Å². The highest BCUT2D eigenvalue weighted by molar-refractivity contribution is 7.85. The van der Waals surface area contributed by atoms with Gasteiger partial charge in [-0.3, -0.25) is 13.9 Å². The van der Waals surface area contributed by atoms with Gasteiger partial charge >= 0.3 is 0 Å². The SMILES string of the molecule is Cc1cc(O)n(CCCN)c(=O)c1CS(=O)(=O)O. The summed E-state index contributed by atoms with van der Waals surface area (Å²) in [6.07, 6.45) is 0.474. The molecule has 18 heavy (non-hydrogen) atoms. The molecule has 0 saturated carbocycles. The first-order valence-electron chi connectivity index (χ1n) is 5.33. The van der Waals surface area contributed by atoms with Gasteiger partial charge in [0.1, 0.15) is 5.75 Å². The van der Waals surface area contributed by atoms with Gasteiger partial charge in [-0.2, -0.15) is 8.42 Å². The summed E-state index contributed by atoms with van der Waals surface area (Å²) in [7, 11) is -4.29. The van der Waals surface area contributed by atoms with Gasteiger partial charge in [0.25, 0.3) is 15.7 Å². The maximum absolute atomic E-state index is 12.0. The summed E-state index contributed by atoms with van der Waals surface area (Å²) in [6, 6.07) is 1.29. The molecule has 0 bridgehead atoms. The molecule has 1 heterocycles. The van der Waals surface area contributed by atoms with Crippen molar-refractivity contribution < 1.29 is 18.1 Å². The molecule has 1 aromatic heterocycles. The number of aromatic hydroxyl groups is 1. The Labute approximate surface area is 105 Å². The second-order valence-corrected chi connectivity index (χ2v) is 5.44. The molecule has 0 saturated heterocycles. The van der Waals surface area contributed by atoms with E-state index in [0.717, 1.165) is 4.57 Å². The lowest BCUT2D eigenvalue weighted by molar-refractivity contribution is 0.401. The summed E-state index contributed by atoms with van der Waals surface area (Å²) < 4.78 is 31.5. The van der Waals surface area contributed by atoms with Crippen LogP contribution in [0.1, 0.15) is 17.5 Å². The highest BCUT2D eigenvalue weighted by Gasteiger charge is 2.17. The Morgan fingerprint density at radius 3 is 2.56 bits per heavy atom. The van der Waals surface area contributed by atoms with Crippen molar-refractivity contribution in [1.82, 2.24) is 4.57 Å². The van der Waals surface area contributed by atoms with Crippen LogP contribution in [0.4, 0.5) is 0 Å². The van der Waals surface area contributed by atoms with Crippen molar-refractivity contribution in [3.63, 3.8) is 0 Å². The Hall–Kier alpha value is -1.38. The average Bonchev–Trinajstić information content (AvgIpc) is 2.23. The molecule has 0 radical (unpaired) electrons. The van der Waals surface area contributed by atoms with Crippen LogP contribution in [0, 0.1) is 6.92 Å². The lowest BCUT2D eigenvalue weighted by Gasteiger charge is -2.12. The molecule has 0 spiro atoms. The van der Waals surface area contributed by atoms with Gasteiger partial charge in [-0.25, -0.2) is 0 Å². The summed E-state index contributed by atoms with van der Waals surface area (Å²) in [5.74, 6) is -1.01. The molecule has 0 aliphatic heterocycles. The van der Waals surface area contributed by atoms with Crippen LogP contribution in [0.15, 0.2) is 10.9 Å². The van der Waals surface area contributed by atoms with Gasteiger partial charge in [0.15, 0.2) is 5.88 Å². The number of hydrogen-bond donors (Lipinski definition) is 3. The fraction of sp³-hybridized carbons (Fsp3) is 0.500. The molecule has 1 rings (SSSR count). The third kappa shape index (κ3) is 3.56. The first-order chi connectivity index (χ1) is 8.26. The minimum Gasteiger partial charge on any atom is -0.494 e. The average molecular weight is 276 g/mol. The van der Waals surface area contributed by atoms with E-state index in [0.29, 0.717) is 18.5 Å². The van der Waals surface area contributed by atoms with Gasteiger partial charge in [0.2, 0.25) is 0 Å². The van der Waals surface area contributed by atoms with E-state index in [1.165, 1.54) is 13.0 Å². The first-order valence-corrected chi connectivity index (χ1v) is 6.94. The number of aromatic nitrogens is 1. The molecular formula is C10H16N2O5S. The predicted octanol–water partition coefficient (Wildman–Crippen LogP) is -0.401. The molecule has 0 fully saturated rings. The Kier molecular flexibility index (Phi) is 4.49. The molecule has 0 aliphatic rings.